The predicted molar refractivity (Wildman–Crippen MR) is 61.0 cm³/mol. The summed E-state index contributed by atoms with van der Waals surface area (Å²) in [6, 6.07) is 9.77. The van der Waals surface area contributed by atoms with Crippen LogP contribution in [0.4, 0.5) is 0 Å². The standard InChI is InChI=1S/C13H14N2/c14-11-13-5-3-12(4-6-13)7-10-15-8-1-2-9-15/h3-7,10H,1-2,8-9H2. The van der Waals surface area contributed by atoms with E-state index in [-0.39, 0.29) is 0 Å². The average Bonchev–Trinajstić information content (AvgIpc) is 2.80. The van der Waals surface area contributed by atoms with Crippen LogP contribution in [0.15, 0.2) is 30.5 Å². The molecule has 2 rings (SSSR count). The molecule has 15 heavy (non-hydrogen) atoms. The van der Waals surface area contributed by atoms with Crippen molar-refractivity contribution in [2.45, 2.75) is 12.8 Å². The third-order valence-corrected chi connectivity index (χ3v) is 2.66. The molecule has 0 unspecified atom stereocenters. The molecule has 2 nitrogen and oxygen atoms in total. The summed E-state index contributed by atoms with van der Waals surface area (Å²) in [6.07, 6.45) is 6.86. The molecule has 0 spiro atoms. The monoisotopic (exact) mass is 198 g/mol. The minimum Gasteiger partial charge on any atom is -0.377 e. The lowest BCUT2D eigenvalue weighted by molar-refractivity contribution is 0.471. The van der Waals surface area contributed by atoms with Crippen LogP contribution in [0.5, 0.6) is 0 Å². The lowest BCUT2D eigenvalue weighted by Crippen LogP contribution is -2.09. The molecule has 0 bridgehead atoms. The summed E-state index contributed by atoms with van der Waals surface area (Å²) in [5.41, 5.74) is 1.87. The molecule has 1 fully saturated rings. The fourth-order valence-corrected chi connectivity index (χ4v) is 1.75. The smallest absolute Gasteiger partial charge is 0.0991 e. The Labute approximate surface area is 90.4 Å². The van der Waals surface area contributed by atoms with Gasteiger partial charge in [-0.25, -0.2) is 0 Å². The van der Waals surface area contributed by atoms with Gasteiger partial charge in [0.25, 0.3) is 0 Å². The van der Waals surface area contributed by atoms with Gasteiger partial charge in [-0.2, -0.15) is 5.26 Å². The minimum atomic E-state index is 0.716. The number of nitriles is 1. The van der Waals surface area contributed by atoms with Crippen LogP contribution in [0, 0.1) is 11.3 Å². The highest BCUT2D eigenvalue weighted by atomic mass is 15.1. The van der Waals surface area contributed by atoms with Crippen molar-refractivity contribution in [2.24, 2.45) is 0 Å². The van der Waals surface area contributed by atoms with Crippen LogP contribution >= 0.6 is 0 Å². The molecule has 76 valence electrons. The highest BCUT2D eigenvalue weighted by Crippen LogP contribution is 2.10. The van der Waals surface area contributed by atoms with E-state index in [1.54, 1.807) is 0 Å². The molecule has 0 N–H and O–H groups in total. The number of likely N-dealkylation sites (tertiary alicyclic amines) is 1. The lowest BCUT2D eigenvalue weighted by atomic mass is 10.1. The van der Waals surface area contributed by atoms with Crippen LogP contribution in [0.1, 0.15) is 24.0 Å². The summed E-state index contributed by atoms with van der Waals surface area (Å²) in [5, 5.41) is 8.65. The first-order valence-corrected chi connectivity index (χ1v) is 5.31. The van der Waals surface area contributed by atoms with Gasteiger partial charge in [-0.1, -0.05) is 12.1 Å². The van der Waals surface area contributed by atoms with E-state index in [4.69, 9.17) is 5.26 Å². The van der Waals surface area contributed by atoms with E-state index >= 15 is 0 Å². The summed E-state index contributed by atoms with van der Waals surface area (Å²) in [6.45, 7) is 2.35. The molecule has 0 aliphatic carbocycles. The first kappa shape index (κ1) is 9.79. The fourth-order valence-electron chi connectivity index (χ4n) is 1.75. The van der Waals surface area contributed by atoms with E-state index < -0.39 is 0 Å². The summed E-state index contributed by atoms with van der Waals surface area (Å²) in [7, 11) is 0. The van der Waals surface area contributed by atoms with Crippen molar-refractivity contribution in [2.75, 3.05) is 13.1 Å². The average molecular weight is 198 g/mol. The Balaban J connectivity index is 2.01. The van der Waals surface area contributed by atoms with E-state index in [9.17, 15) is 0 Å². The van der Waals surface area contributed by atoms with Crippen LogP contribution in [0.3, 0.4) is 0 Å². The van der Waals surface area contributed by atoms with Gasteiger partial charge < -0.3 is 4.90 Å². The van der Waals surface area contributed by atoms with Crippen LogP contribution < -0.4 is 0 Å². The maximum absolute atomic E-state index is 8.65. The maximum atomic E-state index is 8.65. The Bertz CT molecular complexity index is 378. The van der Waals surface area contributed by atoms with E-state index in [1.807, 2.05) is 24.3 Å². The van der Waals surface area contributed by atoms with Gasteiger partial charge in [0.1, 0.15) is 0 Å². The van der Waals surface area contributed by atoms with E-state index in [1.165, 1.54) is 25.9 Å². The second kappa shape index (κ2) is 4.65. The molecule has 1 aromatic rings. The molecule has 1 aliphatic heterocycles. The van der Waals surface area contributed by atoms with Crippen LogP contribution in [0.25, 0.3) is 6.08 Å². The molecule has 0 amide bonds. The Morgan fingerprint density at radius 1 is 1.13 bits per heavy atom. The van der Waals surface area contributed by atoms with Crippen molar-refractivity contribution in [1.82, 2.24) is 4.90 Å². The molecule has 0 atom stereocenters. The number of nitrogens with zero attached hydrogens (tertiary/aromatic N) is 2. The summed E-state index contributed by atoms with van der Waals surface area (Å²) in [5.74, 6) is 0. The molecule has 1 heterocycles. The van der Waals surface area contributed by atoms with Gasteiger partial charge in [0.05, 0.1) is 11.6 Å². The van der Waals surface area contributed by atoms with Crippen LogP contribution in [-0.4, -0.2) is 18.0 Å². The Hall–Kier alpha value is -1.75. The van der Waals surface area contributed by atoms with Gasteiger partial charge in [-0.05, 0) is 42.8 Å². The second-order valence-electron chi connectivity index (χ2n) is 3.79. The zero-order valence-electron chi connectivity index (χ0n) is 8.69. The molecule has 0 aromatic heterocycles. The van der Waals surface area contributed by atoms with Crippen molar-refractivity contribution in [1.29, 1.82) is 5.26 Å². The SMILES string of the molecule is N#Cc1ccc(C=CN2CCCC2)cc1. The molecular weight excluding hydrogens is 184 g/mol. The quantitative estimate of drug-likeness (QED) is 0.730. The molecule has 2 heteroatoms. The van der Waals surface area contributed by atoms with Crippen molar-refractivity contribution in [3.63, 3.8) is 0 Å². The third kappa shape index (κ3) is 2.60. The minimum absolute atomic E-state index is 0.716. The van der Waals surface area contributed by atoms with E-state index in [0.717, 1.165) is 5.56 Å². The summed E-state index contributed by atoms with van der Waals surface area (Å²) >= 11 is 0. The number of hydrogen-bond acceptors (Lipinski definition) is 2. The topological polar surface area (TPSA) is 27.0 Å². The normalized spacial score (nSPS) is 15.8. The largest absolute Gasteiger partial charge is 0.377 e. The van der Waals surface area contributed by atoms with Gasteiger partial charge in [0.2, 0.25) is 0 Å². The Kier molecular flexibility index (Phi) is 3.04. The van der Waals surface area contributed by atoms with Crippen molar-refractivity contribution >= 4 is 6.08 Å². The maximum Gasteiger partial charge on any atom is 0.0991 e. The number of hydrogen-bond donors (Lipinski definition) is 0. The van der Waals surface area contributed by atoms with E-state index in [0.29, 0.717) is 5.56 Å². The Morgan fingerprint density at radius 2 is 1.80 bits per heavy atom. The fraction of sp³-hybridized carbons (Fsp3) is 0.308. The van der Waals surface area contributed by atoms with Crippen LogP contribution in [-0.2, 0) is 0 Å². The second-order valence-corrected chi connectivity index (χ2v) is 3.79. The number of rotatable bonds is 2. The first-order chi connectivity index (χ1) is 7.38. The van der Waals surface area contributed by atoms with Crippen molar-refractivity contribution < 1.29 is 0 Å². The Morgan fingerprint density at radius 3 is 2.40 bits per heavy atom. The van der Waals surface area contributed by atoms with Crippen molar-refractivity contribution in [3.8, 4) is 6.07 Å². The van der Waals surface area contributed by atoms with Crippen LogP contribution in [0.2, 0.25) is 0 Å². The first-order valence-electron chi connectivity index (χ1n) is 5.31. The summed E-state index contributed by atoms with van der Waals surface area (Å²) < 4.78 is 0. The third-order valence-electron chi connectivity index (χ3n) is 2.66. The molecule has 1 aliphatic rings. The van der Waals surface area contributed by atoms with Gasteiger partial charge >= 0.3 is 0 Å². The van der Waals surface area contributed by atoms with Gasteiger partial charge in [0.15, 0.2) is 0 Å². The molecule has 1 saturated heterocycles. The van der Waals surface area contributed by atoms with Gasteiger partial charge in [-0.15, -0.1) is 0 Å². The lowest BCUT2D eigenvalue weighted by Gasteiger charge is -2.09. The highest BCUT2D eigenvalue weighted by Gasteiger charge is 2.05. The molecular formula is C13H14N2. The van der Waals surface area contributed by atoms with E-state index in [2.05, 4.69) is 23.2 Å². The van der Waals surface area contributed by atoms with Crippen molar-refractivity contribution in [3.05, 3.63) is 41.6 Å². The number of benzene rings is 1. The highest BCUT2D eigenvalue weighted by molar-refractivity contribution is 5.50. The van der Waals surface area contributed by atoms with Gasteiger partial charge in [-0.3, -0.25) is 0 Å². The zero-order valence-corrected chi connectivity index (χ0v) is 8.69. The predicted octanol–water partition coefficient (Wildman–Crippen LogP) is 2.62. The van der Waals surface area contributed by atoms with Gasteiger partial charge in [0, 0.05) is 13.1 Å². The molecule has 0 radical (unpaired) electrons. The molecule has 0 saturated carbocycles. The molecule has 1 aromatic carbocycles. The zero-order chi connectivity index (χ0) is 10.5. The summed E-state index contributed by atoms with van der Waals surface area (Å²) in [4.78, 5) is 2.33.